The summed E-state index contributed by atoms with van der Waals surface area (Å²) in [5.74, 6) is 1.18. The fraction of sp³-hybridized carbons (Fsp3) is 0.368. The van der Waals surface area contributed by atoms with Crippen molar-refractivity contribution in [1.29, 1.82) is 0 Å². The van der Waals surface area contributed by atoms with Gasteiger partial charge in [-0.3, -0.25) is 4.79 Å². The minimum atomic E-state index is -0.228. The van der Waals surface area contributed by atoms with E-state index in [0.29, 0.717) is 12.3 Å². The molecule has 0 aliphatic carbocycles. The summed E-state index contributed by atoms with van der Waals surface area (Å²) in [5.41, 5.74) is 2.17. The van der Waals surface area contributed by atoms with Gasteiger partial charge in [-0.15, -0.1) is 0 Å². The van der Waals surface area contributed by atoms with Crippen LogP contribution in [0, 0.1) is 0 Å². The van der Waals surface area contributed by atoms with Gasteiger partial charge in [0.15, 0.2) is 5.89 Å². The third kappa shape index (κ3) is 3.20. The van der Waals surface area contributed by atoms with Gasteiger partial charge in [-0.1, -0.05) is 25.1 Å². The first-order valence-corrected chi connectivity index (χ1v) is 8.35. The highest BCUT2D eigenvalue weighted by atomic mass is 16.4. The largest absolute Gasteiger partial charge is 0.444 e. The van der Waals surface area contributed by atoms with Crippen LogP contribution in [0.25, 0.3) is 10.9 Å². The Kier molecular flexibility index (Phi) is 4.69. The first-order chi connectivity index (χ1) is 11.6. The summed E-state index contributed by atoms with van der Waals surface area (Å²) in [6.07, 6.45) is 5.53. The molecule has 0 unspecified atom stereocenters. The molecule has 2 heterocycles. The Morgan fingerprint density at radius 1 is 1.38 bits per heavy atom. The third-order valence-electron chi connectivity index (χ3n) is 4.29. The lowest BCUT2D eigenvalue weighted by atomic mass is 10.00. The zero-order valence-corrected chi connectivity index (χ0v) is 14.4. The van der Waals surface area contributed by atoms with Crippen LogP contribution in [-0.4, -0.2) is 15.5 Å². The fourth-order valence-corrected chi connectivity index (χ4v) is 2.95. The summed E-state index contributed by atoms with van der Waals surface area (Å²) in [7, 11) is 2.00. The lowest BCUT2D eigenvalue weighted by Gasteiger charge is -2.10. The van der Waals surface area contributed by atoms with Crippen molar-refractivity contribution < 1.29 is 9.21 Å². The molecule has 5 nitrogen and oxygen atoms in total. The first kappa shape index (κ1) is 16.3. The normalized spacial score (nSPS) is 12.5. The van der Waals surface area contributed by atoms with Crippen molar-refractivity contribution in [2.45, 2.75) is 39.2 Å². The Labute approximate surface area is 141 Å². The van der Waals surface area contributed by atoms with Gasteiger partial charge in [0.25, 0.3) is 0 Å². The van der Waals surface area contributed by atoms with E-state index in [0.717, 1.165) is 35.2 Å². The van der Waals surface area contributed by atoms with Crippen LogP contribution in [-0.2, 0) is 24.8 Å². The average molecular weight is 325 g/mol. The molecule has 0 aliphatic heterocycles. The van der Waals surface area contributed by atoms with E-state index in [1.807, 2.05) is 32.3 Å². The molecule has 1 aromatic carbocycles. The number of carbonyl (C=O) groups excluding carboxylic acids is 1. The number of fused-ring (bicyclic) bond motifs is 1. The molecule has 0 bridgehead atoms. The molecule has 0 radical (unpaired) electrons. The zero-order chi connectivity index (χ0) is 17.1. The molecule has 0 aliphatic rings. The highest BCUT2D eigenvalue weighted by Crippen LogP contribution is 2.27. The van der Waals surface area contributed by atoms with E-state index in [4.69, 9.17) is 4.42 Å². The number of aromatic nitrogens is 2. The minimum Gasteiger partial charge on any atom is -0.444 e. The molecule has 126 valence electrons. The van der Waals surface area contributed by atoms with Crippen molar-refractivity contribution in [2.24, 2.45) is 7.05 Å². The Morgan fingerprint density at radius 3 is 2.96 bits per heavy atom. The molecule has 1 N–H and O–H groups in total. The van der Waals surface area contributed by atoms with Crippen LogP contribution >= 0.6 is 0 Å². The number of oxazole rings is 1. The topological polar surface area (TPSA) is 60.1 Å². The molecule has 0 spiro atoms. The van der Waals surface area contributed by atoms with Crippen LogP contribution in [0.4, 0.5) is 0 Å². The second-order valence-electron chi connectivity index (χ2n) is 6.12. The molecular weight excluding hydrogens is 302 g/mol. The van der Waals surface area contributed by atoms with E-state index in [2.05, 4.69) is 33.9 Å². The number of amides is 1. The van der Waals surface area contributed by atoms with Gasteiger partial charge in [-0.05, 0) is 25.0 Å². The SMILES string of the molecule is CCCc1ncc(CNC(=O)[C@H](C)c2cn(C)c3ccccc23)o1. The summed E-state index contributed by atoms with van der Waals surface area (Å²) in [6.45, 7) is 4.38. The van der Waals surface area contributed by atoms with Crippen LogP contribution < -0.4 is 5.32 Å². The first-order valence-electron chi connectivity index (χ1n) is 8.35. The van der Waals surface area contributed by atoms with Gasteiger partial charge in [-0.25, -0.2) is 4.98 Å². The maximum Gasteiger partial charge on any atom is 0.227 e. The Balaban J connectivity index is 1.69. The smallest absolute Gasteiger partial charge is 0.227 e. The number of nitrogens with one attached hydrogen (secondary N) is 1. The van der Waals surface area contributed by atoms with Crippen molar-refractivity contribution in [3.8, 4) is 0 Å². The Bertz CT molecular complexity index is 847. The van der Waals surface area contributed by atoms with Crippen LogP contribution in [0.5, 0.6) is 0 Å². The number of carbonyl (C=O) groups is 1. The molecule has 5 heteroatoms. The Hall–Kier alpha value is -2.56. The number of para-hydroxylation sites is 1. The van der Waals surface area contributed by atoms with Crippen LogP contribution in [0.2, 0.25) is 0 Å². The van der Waals surface area contributed by atoms with Gasteiger partial charge in [-0.2, -0.15) is 0 Å². The number of hydrogen-bond acceptors (Lipinski definition) is 3. The van der Waals surface area contributed by atoms with E-state index in [1.165, 1.54) is 0 Å². The van der Waals surface area contributed by atoms with Crippen molar-refractivity contribution in [3.05, 3.63) is 53.9 Å². The van der Waals surface area contributed by atoms with Gasteiger partial charge in [0.05, 0.1) is 18.7 Å². The summed E-state index contributed by atoms with van der Waals surface area (Å²) in [5, 5.41) is 4.06. The van der Waals surface area contributed by atoms with E-state index in [9.17, 15) is 4.79 Å². The summed E-state index contributed by atoms with van der Waals surface area (Å²) in [6, 6.07) is 8.13. The number of rotatable bonds is 6. The molecule has 3 aromatic rings. The number of hydrogen-bond donors (Lipinski definition) is 1. The van der Waals surface area contributed by atoms with Gasteiger partial charge in [0.2, 0.25) is 5.91 Å². The minimum absolute atomic E-state index is 0.0141. The van der Waals surface area contributed by atoms with E-state index < -0.39 is 0 Å². The predicted molar refractivity (Wildman–Crippen MR) is 93.7 cm³/mol. The second-order valence-corrected chi connectivity index (χ2v) is 6.12. The summed E-state index contributed by atoms with van der Waals surface area (Å²) in [4.78, 5) is 16.7. The number of nitrogens with zero attached hydrogens (tertiary/aromatic N) is 2. The fourth-order valence-electron chi connectivity index (χ4n) is 2.95. The maximum absolute atomic E-state index is 12.5. The van der Waals surface area contributed by atoms with Gasteiger partial charge in [0, 0.05) is 30.6 Å². The molecule has 1 atom stereocenters. The highest BCUT2D eigenvalue weighted by molar-refractivity contribution is 5.92. The average Bonchev–Trinajstić information content (AvgIpc) is 3.17. The molecule has 24 heavy (non-hydrogen) atoms. The van der Waals surface area contributed by atoms with Gasteiger partial charge in [0.1, 0.15) is 5.76 Å². The summed E-state index contributed by atoms with van der Waals surface area (Å²) < 4.78 is 7.66. The summed E-state index contributed by atoms with van der Waals surface area (Å²) >= 11 is 0. The third-order valence-corrected chi connectivity index (χ3v) is 4.29. The molecular formula is C19H23N3O2. The Morgan fingerprint density at radius 2 is 2.17 bits per heavy atom. The standard InChI is InChI=1S/C19H23N3O2/c1-4-7-18-20-10-14(24-18)11-21-19(23)13(2)16-12-22(3)17-9-6-5-8-15(16)17/h5-6,8-10,12-13H,4,7,11H2,1-3H3,(H,21,23)/t13-/m1/s1. The molecule has 0 fully saturated rings. The molecule has 0 saturated carbocycles. The van der Waals surface area contributed by atoms with E-state index in [1.54, 1.807) is 6.20 Å². The van der Waals surface area contributed by atoms with E-state index >= 15 is 0 Å². The number of aryl methyl sites for hydroxylation is 2. The molecule has 1 amide bonds. The highest BCUT2D eigenvalue weighted by Gasteiger charge is 2.20. The van der Waals surface area contributed by atoms with Crippen molar-refractivity contribution in [1.82, 2.24) is 14.9 Å². The van der Waals surface area contributed by atoms with Crippen LogP contribution in [0.3, 0.4) is 0 Å². The molecule has 2 aromatic heterocycles. The van der Waals surface area contributed by atoms with E-state index in [-0.39, 0.29) is 11.8 Å². The molecule has 3 rings (SSSR count). The van der Waals surface area contributed by atoms with Gasteiger partial charge >= 0.3 is 0 Å². The monoisotopic (exact) mass is 325 g/mol. The second kappa shape index (κ2) is 6.91. The van der Waals surface area contributed by atoms with Crippen molar-refractivity contribution in [3.63, 3.8) is 0 Å². The zero-order valence-electron chi connectivity index (χ0n) is 14.4. The van der Waals surface area contributed by atoms with Crippen LogP contribution in [0.15, 0.2) is 41.1 Å². The van der Waals surface area contributed by atoms with Crippen LogP contribution in [0.1, 0.15) is 43.4 Å². The van der Waals surface area contributed by atoms with Crippen molar-refractivity contribution >= 4 is 16.8 Å². The quantitative estimate of drug-likeness (QED) is 0.754. The van der Waals surface area contributed by atoms with Gasteiger partial charge < -0.3 is 14.3 Å². The number of benzene rings is 1. The lowest BCUT2D eigenvalue weighted by Crippen LogP contribution is -2.27. The van der Waals surface area contributed by atoms with Crippen molar-refractivity contribution in [2.75, 3.05) is 0 Å². The maximum atomic E-state index is 12.5. The lowest BCUT2D eigenvalue weighted by molar-refractivity contribution is -0.122. The molecule has 0 saturated heterocycles. The predicted octanol–water partition coefficient (Wildman–Crippen LogP) is 3.54.